The van der Waals surface area contributed by atoms with Crippen molar-refractivity contribution in [1.82, 2.24) is 10.4 Å². The second-order valence-corrected chi connectivity index (χ2v) is 3.62. The van der Waals surface area contributed by atoms with Crippen molar-refractivity contribution in [3.8, 4) is 11.3 Å². The molecule has 0 saturated carbocycles. The van der Waals surface area contributed by atoms with Crippen molar-refractivity contribution >= 4 is 23.5 Å². The van der Waals surface area contributed by atoms with Gasteiger partial charge in [-0.15, -0.1) is 0 Å². The fourth-order valence-corrected chi connectivity index (χ4v) is 1.30. The smallest absolute Gasteiger partial charge is 0.184 e. The van der Waals surface area contributed by atoms with Crippen molar-refractivity contribution in [2.45, 2.75) is 0 Å². The normalized spacial score (nSPS) is 10.6. The second kappa shape index (κ2) is 5.22. The van der Waals surface area contributed by atoms with Gasteiger partial charge in [-0.25, -0.2) is 0 Å². The molecule has 0 spiro atoms. The van der Waals surface area contributed by atoms with Gasteiger partial charge < -0.3 is 10.2 Å². The standard InChI is InChI=1S/C11H10N4OS/c12-11(17)15-14-7-9-3-4-10(16-9)8-2-1-5-13-6-8/h1-7H,(H3,12,15,17)/b14-7+. The molecule has 0 atom stereocenters. The highest BCUT2D eigenvalue weighted by atomic mass is 32.1. The molecule has 2 heterocycles. The molecule has 0 aliphatic carbocycles. The van der Waals surface area contributed by atoms with Gasteiger partial charge in [0.25, 0.3) is 0 Å². The van der Waals surface area contributed by atoms with Crippen LogP contribution in [-0.2, 0) is 0 Å². The second-order valence-electron chi connectivity index (χ2n) is 3.18. The molecule has 86 valence electrons. The molecule has 6 heteroatoms. The molecule has 0 aromatic carbocycles. The predicted octanol–water partition coefficient (Wildman–Crippen LogP) is 1.51. The Balaban J connectivity index is 2.11. The van der Waals surface area contributed by atoms with Gasteiger partial charge in [-0.3, -0.25) is 10.4 Å². The number of hydrazone groups is 1. The summed E-state index contributed by atoms with van der Waals surface area (Å²) in [4.78, 5) is 4.02. The molecule has 2 aromatic rings. The predicted molar refractivity (Wildman–Crippen MR) is 69.5 cm³/mol. The van der Waals surface area contributed by atoms with Crippen molar-refractivity contribution in [3.05, 3.63) is 42.4 Å². The van der Waals surface area contributed by atoms with Crippen molar-refractivity contribution in [2.24, 2.45) is 10.8 Å². The lowest BCUT2D eigenvalue weighted by Crippen LogP contribution is -2.23. The molecule has 0 fully saturated rings. The number of nitrogens with two attached hydrogens (primary N) is 1. The fourth-order valence-electron chi connectivity index (χ4n) is 1.25. The van der Waals surface area contributed by atoms with Crippen LogP contribution in [0.4, 0.5) is 0 Å². The van der Waals surface area contributed by atoms with Crippen molar-refractivity contribution in [1.29, 1.82) is 0 Å². The Kier molecular flexibility index (Phi) is 3.46. The van der Waals surface area contributed by atoms with Crippen LogP contribution in [0.5, 0.6) is 0 Å². The Labute approximate surface area is 103 Å². The first-order valence-corrected chi connectivity index (χ1v) is 5.25. The average molecular weight is 246 g/mol. The maximum absolute atomic E-state index is 5.54. The Bertz CT molecular complexity index is 535. The summed E-state index contributed by atoms with van der Waals surface area (Å²) in [7, 11) is 0. The number of furan rings is 1. The van der Waals surface area contributed by atoms with Gasteiger partial charge in [0.2, 0.25) is 0 Å². The van der Waals surface area contributed by atoms with Crippen molar-refractivity contribution in [2.75, 3.05) is 0 Å². The number of thiocarbonyl (C=S) groups is 1. The van der Waals surface area contributed by atoms with Gasteiger partial charge >= 0.3 is 0 Å². The van der Waals surface area contributed by atoms with Gasteiger partial charge in [-0.05, 0) is 36.5 Å². The summed E-state index contributed by atoms with van der Waals surface area (Å²) in [5, 5.41) is 3.91. The van der Waals surface area contributed by atoms with E-state index in [0.29, 0.717) is 5.76 Å². The van der Waals surface area contributed by atoms with E-state index in [-0.39, 0.29) is 5.11 Å². The van der Waals surface area contributed by atoms with Crippen LogP contribution in [-0.4, -0.2) is 16.3 Å². The van der Waals surface area contributed by atoms with E-state index >= 15 is 0 Å². The van der Waals surface area contributed by atoms with Crippen LogP contribution < -0.4 is 11.2 Å². The lowest BCUT2D eigenvalue weighted by Gasteiger charge is -1.94. The number of aromatic nitrogens is 1. The molecule has 17 heavy (non-hydrogen) atoms. The molecule has 0 radical (unpaired) electrons. The number of nitrogens with one attached hydrogen (secondary N) is 1. The monoisotopic (exact) mass is 246 g/mol. The molecule has 2 aromatic heterocycles. The van der Waals surface area contributed by atoms with Crippen LogP contribution >= 0.6 is 12.2 Å². The van der Waals surface area contributed by atoms with Crippen LogP contribution in [0.15, 0.2) is 46.2 Å². The molecule has 0 aliphatic heterocycles. The summed E-state index contributed by atoms with van der Waals surface area (Å²) in [6, 6.07) is 7.41. The van der Waals surface area contributed by atoms with Gasteiger partial charge in [-0.1, -0.05) is 0 Å². The third-order valence-corrected chi connectivity index (χ3v) is 2.03. The van der Waals surface area contributed by atoms with E-state index in [1.807, 2.05) is 18.2 Å². The maximum atomic E-state index is 5.54. The Morgan fingerprint density at radius 2 is 2.35 bits per heavy atom. The third kappa shape index (κ3) is 3.12. The van der Waals surface area contributed by atoms with Crippen LogP contribution in [0.1, 0.15) is 5.76 Å². The molecule has 0 saturated heterocycles. The third-order valence-electron chi connectivity index (χ3n) is 1.94. The molecular formula is C11H10N4OS. The van der Waals surface area contributed by atoms with Gasteiger partial charge in [-0.2, -0.15) is 5.10 Å². The first-order valence-electron chi connectivity index (χ1n) is 4.84. The SMILES string of the molecule is NC(=S)N/N=C/c1ccc(-c2cccnc2)o1. The highest BCUT2D eigenvalue weighted by Gasteiger charge is 2.02. The zero-order valence-electron chi connectivity index (χ0n) is 8.83. The van der Waals surface area contributed by atoms with E-state index in [9.17, 15) is 0 Å². The lowest BCUT2D eigenvalue weighted by molar-refractivity contribution is 0.574. The number of hydrogen-bond acceptors (Lipinski definition) is 4. The first kappa shape index (κ1) is 11.3. The van der Waals surface area contributed by atoms with Gasteiger partial charge in [0.1, 0.15) is 11.5 Å². The highest BCUT2D eigenvalue weighted by molar-refractivity contribution is 7.80. The average Bonchev–Trinajstić information content (AvgIpc) is 2.78. The largest absolute Gasteiger partial charge is 0.455 e. The summed E-state index contributed by atoms with van der Waals surface area (Å²) in [5.41, 5.74) is 8.58. The van der Waals surface area contributed by atoms with Crippen molar-refractivity contribution < 1.29 is 4.42 Å². The first-order chi connectivity index (χ1) is 8.25. The molecular weight excluding hydrogens is 236 g/mol. The maximum Gasteiger partial charge on any atom is 0.184 e. The van der Waals surface area contributed by atoms with Gasteiger partial charge in [0, 0.05) is 18.0 Å². The number of hydrogen-bond donors (Lipinski definition) is 2. The van der Waals surface area contributed by atoms with Gasteiger partial charge in [0.05, 0.1) is 6.21 Å². The highest BCUT2D eigenvalue weighted by Crippen LogP contribution is 2.19. The Morgan fingerprint density at radius 1 is 1.47 bits per heavy atom. The topological polar surface area (TPSA) is 76.4 Å². The van der Waals surface area contributed by atoms with Crippen LogP contribution in [0.3, 0.4) is 0 Å². The van der Waals surface area contributed by atoms with E-state index in [1.54, 1.807) is 18.5 Å². The van der Waals surface area contributed by atoms with E-state index in [0.717, 1.165) is 11.3 Å². The molecule has 0 bridgehead atoms. The minimum absolute atomic E-state index is 0.111. The number of rotatable bonds is 3. The lowest BCUT2D eigenvalue weighted by atomic mass is 10.2. The van der Waals surface area contributed by atoms with Gasteiger partial charge in [0.15, 0.2) is 5.11 Å². The molecule has 5 nitrogen and oxygen atoms in total. The summed E-state index contributed by atoms with van der Waals surface area (Å²) in [5.74, 6) is 1.34. The van der Waals surface area contributed by atoms with E-state index in [4.69, 9.17) is 10.2 Å². The quantitative estimate of drug-likeness (QED) is 0.487. The van der Waals surface area contributed by atoms with Crippen molar-refractivity contribution in [3.63, 3.8) is 0 Å². The molecule has 0 aliphatic rings. The number of nitrogens with zero attached hydrogens (tertiary/aromatic N) is 2. The molecule has 2 rings (SSSR count). The Morgan fingerprint density at radius 3 is 3.06 bits per heavy atom. The molecule has 0 unspecified atom stereocenters. The van der Waals surface area contributed by atoms with Crippen LogP contribution in [0.2, 0.25) is 0 Å². The summed E-state index contributed by atoms with van der Waals surface area (Å²) < 4.78 is 5.54. The fraction of sp³-hybridized carbons (Fsp3) is 0. The summed E-state index contributed by atoms with van der Waals surface area (Å²) in [6.45, 7) is 0. The molecule has 0 amide bonds. The van der Waals surface area contributed by atoms with E-state index in [2.05, 4.69) is 27.7 Å². The van der Waals surface area contributed by atoms with Crippen LogP contribution in [0.25, 0.3) is 11.3 Å². The number of pyridine rings is 1. The Hall–Kier alpha value is -2.21. The zero-order chi connectivity index (χ0) is 12.1. The van der Waals surface area contributed by atoms with E-state index in [1.165, 1.54) is 6.21 Å². The zero-order valence-corrected chi connectivity index (χ0v) is 9.65. The minimum atomic E-state index is 0.111. The summed E-state index contributed by atoms with van der Waals surface area (Å²) in [6.07, 6.45) is 4.94. The summed E-state index contributed by atoms with van der Waals surface area (Å²) >= 11 is 4.61. The minimum Gasteiger partial charge on any atom is -0.455 e. The van der Waals surface area contributed by atoms with E-state index < -0.39 is 0 Å². The molecule has 3 N–H and O–H groups in total. The van der Waals surface area contributed by atoms with Crippen LogP contribution in [0, 0.1) is 0 Å².